The first kappa shape index (κ1) is 55.5. The Kier molecular flexibility index (Phi) is 16.9. The van der Waals surface area contributed by atoms with Crippen LogP contribution in [0.5, 0.6) is 0 Å². The van der Waals surface area contributed by atoms with E-state index < -0.39 is 107 Å². The number of hydrogen-bond acceptors (Lipinski definition) is 16. The van der Waals surface area contributed by atoms with Gasteiger partial charge in [0.2, 0.25) is 0 Å². The molecule has 17 heteroatoms. The largest absolute Gasteiger partial charge is 0.457 e. The number of nitrogens with zero attached hydrogens (tertiary/aromatic N) is 3. The van der Waals surface area contributed by atoms with Gasteiger partial charge in [-0.1, -0.05) is 64.1 Å². The van der Waals surface area contributed by atoms with Gasteiger partial charge in [-0.15, -0.1) is 0 Å². The lowest BCUT2D eigenvalue weighted by Crippen LogP contribution is -2.60. The van der Waals surface area contributed by atoms with E-state index in [4.69, 9.17) is 42.6 Å². The summed E-state index contributed by atoms with van der Waals surface area (Å²) in [6.07, 6.45) is -0.541. The van der Waals surface area contributed by atoms with Gasteiger partial charge in [-0.2, -0.15) is 0 Å². The average Bonchev–Trinajstić information content (AvgIpc) is 3.62. The first-order valence-corrected chi connectivity index (χ1v) is 25.5. The topological polar surface area (TPSA) is 189 Å². The van der Waals surface area contributed by atoms with Gasteiger partial charge in [0.1, 0.15) is 18.0 Å². The highest BCUT2D eigenvalue weighted by Crippen LogP contribution is 2.68. The van der Waals surface area contributed by atoms with Crippen LogP contribution in [-0.4, -0.2) is 137 Å². The lowest BCUT2D eigenvalue weighted by Gasteiger charge is -2.48. The predicted octanol–water partition coefficient (Wildman–Crippen LogP) is 8.38. The van der Waals surface area contributed by atoms with Gasteiger partial charge in [-0.25, -0.2) is 23.9 Å². The third-order valence-corrected chi connectivity index (χ3v) is 15.8. The summed E-state index contributed by atoms with van der Waals surface area (Å²) in [5, 5.41) is 0. The highest BCUT2D eigenvalue weighted by molar-refractivity contribution is 5.96. The maximum Gasteiger partial charge on any atom is 0.420 e. The number of aromatic nitrogens is 2. The van der Waals surface area contributed by atoms with E-state index >= 15 is 4.79 Å². The lowest BCUT2D eigenvalue weighted by atomic mass is 9.79. The van der Waals surface area contributed by atoms with Gasteiger partial charge in [0.25, 0.3) is 0 Å². The second kappa shape index (κ2) is 22.3. The number of ether oxygens (including phenoxy) is 9. The van der Waals surface area contributed by atoms with E-state index in [1.54, 1.807) is 89.2 Å². The van der Waals surface area contributed by atoms with Crippen LogP contribution in [0.2, 0.25) is 0 Å². The fourth-order valence-corrected chi connectivity index (χ4v) is 11.6. The number of methoxy groups -OCH3 is 1. The predicted molar refractivity (Wildman–Crippen MR) is 267 cm³/mol. The molecule has 0 N–H and O–H groups in total. The number of benzene rings is 2. The molecule has 4 aliphatic rings. The van der Waals surface area contributed by atoms with Gasteiger partial charge < -0.3 is 47.5 Å². The Bertz CT molecular complexity index is 2450. The molecule has 3 aromatic rings. The molecule has 0 amide bonds. The molecule has 0 spiro atoms. The number of likely N-dealkylation sites (N-methyl/N-ethyl adjacent to an activating group) is 1. The average molecular weight is 1010 g/mol. The van der Waals surface area contributed by atoms with Crippen molar-refractivity contribution in [2.24, 2.45) is 23.2 Å². The summed E-state index contributed by atoms with van der Waals surface area (Å²) in [5.74, 6) is -4.25. The molecule has 2 aromatic carbocycles. The van der Waals surface area contributed by atoms with Gasteiger partial charge in [0.15, 0.2) is 36.2 Å². The number of ketones is 1. The van der Waals surface area contributed by atoms with Crippen molar-refractivity contribution in [3.8, 4) is 0 Å². The summed E-state index contributed by atoms with van der Waals surface area (Å²) in [6.45, 7) is 18.2. The minimum atomic E-state index is -1.62. The third-order valence-electron chi connectivity index (χ3n) is 15.8. The Morgan fingerprint density at radius 3 is 2.07 bits per heavy atom. The van der Waals surface area contributed by atoms with Crippen LogP contribution in [0.1, 0.15) is 122 Å². The number of esters is 3. The molecule has 0 unspecified atom stereocenters. The van der Waals surface area contributed by atoms with Crippen LogP contribution in [0.4, 0.5) is 4.79 Å². The van der Waals surface area contributed by atoms with Crippen molar-refractivity contribution in [1.29, 1.82) is 0 Å². The number of imidazole rings is 1. The molecule has 3 aliphatic heterocycles. The second-order valence-electron chi connectivity index (χ2n) is 21.6. The van der Waals surface area contributed by atoms with Gasteiger partial charge in [-0.05, 0) is 117 Å². The summed E-state index contributed by atoms with van der Waals surface area (Å²) in [5.41, 5.74) is -3.61. The molecule has 2 saturated heterocycles. The van der Waals surface area contributed by atoms with Crippen molar-refractivity contribution < 1.29 is 66.6 Å². The molecule has 3 fully saturated rings. The molecular weight excluding hydrogens is 939 g/mol. The summed E-state index contributed by atoms with van der Waals surface area (Å²) >= 11 is 0. The van der Waals surface area contributed by atoms with E-state index in [0.29, 0.717) is 36.0 Å². The first-order chi connectivity index (χ1) is 34.5. The Balaban J connectivity index is 1.30. The number of carbonyl (C=O) groups is 5. The molecule has 0 bridgehead atoms. The van der Waals surface area contributed by atoms with Gasteiger partial charge >= 0.3 is 24.0 Å². The zero-order valence-corrected chi connectivity index (χ0v) is 44.6. The smallest absolute Gasteiger partial charge is 0.420 e. The minimum Gasteiger partial charge on any atom is -0.457 e. The van der Waals surface area contributed by atoms with E-state index in [1.165, 1.54) is 25.8 Å². The number of Topliss-reactive ketones (excluding diaryl/α,β-unsaturated/α-hetero) is 1. The lowest BCUT2D eigenvalue weighted by molar-refractivity contribution is -0.312. The molecule has 398 valence electrons. The quantitative estimate of drug-likeness (QED) is 0.124. The van der Waals surface area contributed by atoms with Crippen molar-refractivity contribution in [3.05, 3.63) is 102 Å². The van der Waals surface area contributed by atoms with Crippen molar-refractivity contribution in [2.45, 2.75) is 173 Å². The number of rotatable bonds is 12. The maximum absolute atomic E-state index is 15.1. The van der Waals surface area contributed by atoms with Crippen molar-refractivity contribution in [2.75, 3.05) is 21.2 Å². The first-order valence-electron chi connectivity index (χ1n) is 25.5. The fourth-order valence-electron chi connectivity index (χ4n) is 11.6. The van der Waals surface area contributed by atoms with Crippen molar-refractivity contribution >= 4 is 29.8 Å². The van der Waals surface area contributed by atoms with Gasteiger partial charge in [-0.3, -0.25) is 9.59 Å². The van der Waals surface area contributed by atoms with Crippen molar-refractivity contribution in [1.82, 2.24) is 14.5 Å². The number of fused-ring (bicyclic) bond motifs is 1. The van der Waals surface area contributed by atoms with Gasteiger partial charge in [0.05, 0.1) is 47.0 Å². The Hall–Kier alpha value is -5.30. The van der Waals surface area contributed by atoms with E-state index in [2.05, 4.69) is 11.9 Å². The molecule has 1 aromatic heterocycles. The molecule has 73 heavy (non-hydrogen) atoms. The van der Waals surface area contributed by atoms with E-state index in [9.17, 15) is 19.2 Å². The monoisotopic (exact) mass is 1010 g/mol. The Labute approximate surface area is 429 Å². The van der Waals surface area contributed by atoms with E-state index in [1.807, 2.05) is 58.8 Å². The van der Waals surface area contributed by atoms with Crippen LogP contribution < -0.4 is 0 Å². The van der Waals surface area contributed by atoms with Crippen LogP contribution >= 0.6 is 0 Å². The summed E-state index contributed by atoms with van der Waals surface area (Å²) in [6, 6.07) is 17.1. The molecule has 17 nitrogen and oxygen atoms in total. The van der Waals surface area contributed by atoms with E-state index in [-0.39, 0.29) is 30.8 Å². The molecule has 7 rings (SSSR count). The van der Waals surface area contributed by atoms with E-state index in [0.717, 1.165) is 4.57 Å². The number of hydrogen-bond donors (Lipinski definition) is 0. The SMILES string of the molecule is CC[C@H]1OC(=O)[C@H](C)[C@@H](O[C@H]2C[C@@](C)(OC)[C@@H](OC(=O)c3ccccc3)[C@H](C)O2)[C@H](C)[C@]2(O[C@@H]3O[C@H](C)C[C@H](N(C)C)[C@H]3OC(=O)c3ccccc3)C[C@@]2(C)C[C@@H](C)C(=O)/C(C)=C/[C@]1(C)OC(=O)n1ccnc1. The minimum absolute atomic E-state index is 0.0808. The second-order valence-corrected chi connectivity index (χ2v) is 21.6. The third kappa shape index (κ3) is 11.7. The van der Waals surface area contributed by atoms with Crippen LogP contribution in [0, 0.1) is 23.2 Å². The molecule has 1 saturated carbocycles. The number of carbonyl (C=O) groups excluding carboxylic acids is 5. The maximum atomic E-state index is 15.1. The molecule has 1 aliphatic carbocycles. The van der Waals surface area contributed by atoms with Crippen LogP contribution in [-0.2, 0) is 52.2 Å². The standard InChI is InChI=1S/C56H75N3O14/c1-14-42-54(9,73-52(64)59-26-25-57-32-59)29-34(3)44(60)33(2)28-53(8)31-56(53,72-51-46(41(58(11)12)27-35(4)66-51)70-49(62)39-21-17-15-18-22-39)37(6)45(36(5)48(61)68-42)69-43-30-55(10,65-13)47(38(7)67-43)71-50(63)40-23-19-16-20-24-40/h15-26,29,32-33,35-38,41-43,45-47,51H,14,27-28,30-31H2,1-13H3/b34-29+/t33-,35-,36-,37+,38+,41+,42-,43+,45-,46-,47+,51+,53-,54+,55-,56-/m1/s1. The number of allylic oxidation sites excluding steroid dienone is 1. The van der Waals surface area contributed by atoms with Crippen LogP contribution in [0.25, 0.3) is 0 Å². The normalized spacial score (nSPS) is 37.9. The molecule has 0 radical (unpaired) electrons. The fraction of sp³-hybridized carbons (Fsp3) is 0.607. The zero-order valence-electron chi connectivity index (χ0n) is 44.6. The van der Waals surface area contributed by atoms with Gasteiger partial charge in [0, 0.05) is 43.2 Å². The van der Waals surface area contributed by atoms with Crippen molar-refractivity contribution in [3.63, 3.8) is 0 Å². The summed E-state index contributed by atoms with van der Waals surface area (Å²) < 4.78 is 60.3. The molecule has 16 atom stereocenters. The Morgan fingerprint density at radius 1 is 0.863 bits per heavy atom. The molecular formula is C56H75N3O14. The van der Waals surface area contributed by atoms with Crippen LogP contribution in [0.15, 0.2) is 91.0 Å². The zero-order chi connectivity index (χ0) is 53.2. The number of cyclic esters (lactones) is 1. The van der Waals surface area contributed by atoms with Crippen LogP contribution in [0.3, 0.4) is 0 Å². The highest BCUT2D eigenvalue weighted by atomic mass is 16.7. The Morgan fingerprint density at radius 2 is 1.49 bits per heavy atom. The highest BCUT2D eigenvalue weighted by Gasteiger charge is 2.72. The summed E-state index contributed by atoms with van der Waals surface area (Å²) in [4.78, 5) is 76.7. The molecule has 4 heterocycles. The summed E-state index contributed by atoms with van der Waals surface area (Å²) in [7, 11) is 5.38.